The number of anilines is 1. The molecule has 0 radical (unpaired) electrons. The number of aryl methyl sites for hydroxylation is 1. The Kier molecular flexibility index (Phi) is 6.32. The Bertz CT molecular complexity index is 1230. The Morgan fingerprint density at radius 3 is 2.20 bits per heavy atom. The van der Waals surface area contributed by atoms with Gasteiger partial charge in [0.1, 0.15) is 0 Å². The van der Waals surface area contributed by atoms with E-state index in [2.05, 4.69) is 14.7 Å². The lowest BCUT2D eigenvalue weighted by molar-refractivity contribution is 0.104. The molecule has 0 atom stereocenters. The predicted octanol–water partition coefficient (Wildman–Crippen LogP) is 5.63. The molecule has 30 heavy (non-hydrogen) atoms. The second kappa shape index (κ2) is 9.09. The summed E-state index contributed by atoms with van der Waals surface area (Å²) in [5.74, 6) is -0.182. The molecule has 0 aliphatic heterocycles. The molecule has 0 saturated carbocycles. The molecule has 0 aliphatic rings. The highest BCUT2D eigenvalue weighted by atomic mass is 32.2. The Morgan fingerprint density at radius 2 is 1.60 bits per heavy atom. The lowest BCUT2D eigenvalue weighted by Crippen LogP contribution is -2.12. The van der Waals surface area contributed by atoms with Crippen molar-refractivity contribution in [2.24, 2.45) is 5.11 Å². The van der Waals surface area contributed by atoms with E-state index in [-0.39, 0.29) is 10.7 Å². The first-order chi connectivity index (χ1) is 14.4. The summed E-state index contributed by atoms with van der Waals surface area (Å²) < 4.78 is 27.4. The zero-order valence-corrected chi connectivity index (χ0v) is 16.9. The van der Waals surface area contributed by atoms with Gasteiger partial charge in [-0.05, 0) is 60.5 Å². The van der Waals surface area contributed by atoms with Crippen molar-refractivity contribution in [1.82, 2.24) is 0 Å². The molecular weight excluding hydrogens is 400 g/mol. The highest BCUT2D eigenvalue weighted by Crippen LogP contribution is 2.20. The van der Waals surface area contributed by atoms with E-state index in [9.17, 15) is 13.2 Å². The first-order valence-electron chi connectivity index (χ1n) is 8.94. The SMILES string of the molecule is Cc1ccc(C=CC(=O)c2ccc(NS(=O)(=O)c3ccc(N=[N+]=[N-])cc3)cc2)cc1. The van der Waals surface area contributed by atoms with E-state index >= 15 is 0 Å². The number of benzene rings is 3. The Hall–Kier alpha value is -3.87. The van der Waals surface area contributed by atoms with Crippen LogP contribution >= 0.6 is 0 Å². The van der Waals surface area contributed by atoms with E-state index in [4.69, 9.17) is 5.53 Å². The van der Waals surface area contributed by atoms with E-state index in [0.717, 1.165) is 11.1 Å². The topological polar surface area (TPSA) is 112 Å². The molecule has 0 bridgehead atoms. The number of azide groups is 1. The summed E-state index contributed by atoms with van der Waals surface area (Å²) in [5.41, 5.74) is 11.6. The van der Waals surface area contributed by atoms with Gasteiger partial charge in [0, 0.05) is 21.8 Å². The normalized spacial score (nSPS) is 11.1. The average molecular weight is 418 g/mol. The van der Waals surface area contributed by atoms with Crippen molar-refractivity contribution in [1.29, 1.82) is 0 Å². The van der Waals surface area contributed by atoms with Crippen LogP contribution in [0.25, 0.3) is 16.5 Å². The fourth-order valence-corrected chi connectivity index (χ4v) is 3.66. The number of rotatable bonds is 7. The fourth-order valence-electron chi connectivity index (χ4n) is 2.61. The third-order valence-electron chi connectivity index (χ3n) is 4.23. The first kappa shape index (κ1) is 20.9. The maximum atomic E-state index is 12.5. The molecule has 1 N–H and O–H groups in total. The summed E-state index contributed by atoms with van der Waals surface area (Å²) in [5, 5.41) is 3.41. The second-order valence-electron chi connectivity index (χ2n) is 6.47. The number of carbonyl (C=O) groups excluding carboxylic acids is 1. The van der Waals surface area contributed by atoms with Crippen molar-refractivity contribution in [2.45, 2.75) is 11.8 Å². The van der Waals surface area contributed by atoms with E-state index in [1.807, 2.05) is 31.2 Å². The van der Waals surface area contributed by atoms with Gasteiger partial charge >= 0.3 is 0 Å². The molecule has 150 valence electrons. The first-order valence-corrected chi connectivity index (χ1v) is 10.4. The minimum atomic E-state index is -3.81. The average Bonchev–Trinajstić information content (AvgIpc) is 2.74. The molecule has 0 aliphatic carbocycles. The van der Waals surface area contributed by atoms with Crippen molar-refractivity contribution in [3.05, 3.63) is 106 Å². The van der Waals surface area contributed by atoms with Crippen LogP contribution in [0.15, 0.2) is 88.9 Å². The quantitative estimate of drug-likeness (QED) is 0.176. The van der Waals surface area contributed by atoms with Crippen molar-refractivity contribution in [3.63, 3.8) is 0 Å². The van der Waals surface area contributed by atoms with Crippen molar-refractivity contribution >= 4 is 33.3 Å². The van der Waals surface area contributed by atoms with Gasteiger partial charge in [-0.2, -0.15) is 0 Å². The van der Waals surface area contributed by atoms with Gasteiger partial charge in [-0.3, -0.25) is 9.52 Å². The van der Waals surface area contributed by atoms with Gasteiger partial charge in [0.25, 0.3) is 10.0 Å². The van der Waals surface area contributed by atoms with E-state index < -0.39 is 10.0 Å². The van der Waals surface area contributed by atoms with Crippen LogP contribution in [0.2, 0.25) is 0 Å². The molecule has 3 aromatic carbocycles. The van der Waals surface area contributed by atoms with Crippen LogP contribution in [0.1, 0.15) is 21.5 Å². The zero-order chi connectivity index (χ0) is 21.6. The van der Waals surface area contributed by atoms with Gasteiger partial charge in [-0.1, -0.05) is 53.2 Å². The predicted molar refractivity (Wildman–Crippen MR) is 117 cm³/mol. The summed E-state index contributed by atoms with van der Waals surface area (Å²) in [4.78, 5) is 15.0. The molecule has 0 amide bonds. The minimum Gasteiger partial charge on any atom is -0.289 e. The molecule has 0 heterocycles. The van der Waals surface area contributed by atoms with E-state index in [0.29, 0.717) is 16.9 Å². The number of hydrogen-bond donors (Lipinski definition) is 1. The summed E-state index contributed by atoms with van der Waals surface area (Å²) in [6.45, 7) is 1.99. The molecule has 7 nitrogen and oxygen atoms in total. The number of nitrogens with zero attached hydrogens (tertiary/aromatic N) is 3. The van der Waals surface area contributed by atoms with Crippen LogP contribution in [-0.2, 0) is 10.0 Å². The maximum Gasteiger partial charge on any atom is 0.261 e. The van der Waals surface area contributed by atoms with Gasteiger partial charge in [0.2, 0.25) is 0 Å². The number of sulfonamides is 1. The summed E-state index contributed by atoms with van der Waals surface area (Å²) in [7, 11) is -3.81. The van der Waals surface area contributed by atoms with Crippen molar-refractivity contribution in [3.8, 4) is 0 Å². The highest BCUT2D eigenvalue weighted by molar-refractivity contribution is 7.92. The number of allylic oxidation sites excluding steroid dienone is 1. The molecule has 0 aromatic heterocycles. The number of hydrogen-bond acceptors (Lipinski definition) is 4. The number of carbonyl (C=O) groups is 1. The fraction of sp³-hybridized carbons (Fsp3) is 0.0455. The second-order valence-corrected chi connectivity index (χ2v) is 8.16. The van der Waals surface area contributed by atoms with Crippen LogP contribution in [-0.4, -0.2) is 14.2 Å². The third kappa shape index (κ3) is 5.35. The minimum absolute atomic E-state index is 0.0283. The van der Waals surface area contributed by atoms with Crippen molar-refractivity contribution in [2.75, 3.05) is 4.72 Å². The molecule has 0 unspecified atom stereocenters. The van der Waals surface area contributed by atoms with Crippen molar-refractivity contribution < 1.29 is 13.2 Å². The largest absolute Gasteiger partial charge is 0.289 e. The van der Waals surface area contributed by atoms with Crippen LogP contribution in [0.3, 0.4) is 0 Å². The van der Waals surface area contributed by atoms with Crippen LogP contribution < -0.4 is 4.72 Å². The number of ketones is 1. The molecule has 0 saturated heterocycles. The van der Waals surface area contributed by atoms with Gasteiger partial charge in [-0.25, -0.2) is 8.42 Å². The monoisotopic (exact) mass is 418 g/mol. The molecule has 3 rings (SSSR count). The lowest BCUT2D eigenvalue weighted by Gasteiger charge is -2.08. The standard InChI is InChI=1S/C22H18N4O3S/c1-16-2-4-17(5-3-16)6-15-22(27)18-7-9-20(10-8-18)25-30(28,29)21-13-11-19(12-14-21)24-26-23/h2-15,25H,1H3. The van der Waals surface area contributed by atoms with Gasteiger partial charge < -0.3 is 0 Å². The third-order valence-corrected chi connectivity index (χ3v) is 5.63. The Balaban J connectivity index is 1.69. The van der Waals surface area contributed by atoms with E-state index in [1.165, 1.54) is 42.5 Å². The van der Waals surface area contributed by atoms with Crippen LogP contribution in [0.4, 0.5) is 11.4 Å². The molecule has 8 heteroatoms. The lowest BCUT2D eigenvalue weighted by atomic mass is 10.1. The van der Waals surface area contributed by atoms with Crippen LogP contribution in [0, 0.1) is 6.92 Å². The molecular formula is C22H18N4O3S. The summed E-state index contributed by atoms with van der Waals surface area (Å²) in [6, 6.07) is 19.5. The van der Waals surface area contributed by atoms with Gasteiger partial charge in [-0.15, -0.1) is 0 Å². The molecule has 0 fully saturated rings. The van der Waals surface area contributed by atoms with Gasteiger partial charge in [0.15, 0.2) is 5.78 Å². The Labute approximate surface area is 174 Å². The Morgan fingerprint density at radius 1 is 0.967 bits per heavy atom. The van der Waals surface area contributed by atoms with Gasteiger partial charge in [0.05, 0.1) is 4.90 Å². The van der Waals surface area contributed by atoms with E-state index in [1.54, 1.807) is 18.2 Å². The summed E-state index contributed by atoms with van der Waals surface area (Å²) >= 11 is 0. The zero-order valence-electron chi connectivity index (χ0n) is 16.1. The summed E-state index contributed by atoms with van der Waals surface area (Å²) in [6.07, 6.45) is 3.22. The van der Waals surface area contributed by atoms with Crippen LogP contribution in [0.5, 0.6) is 0 Å². The maximum absolute atomic E-state index is 12.5. The smallest absolute Gasteiger partial charge is 0.261 e. The molecule has 3 aromatic rings. The number of nitrogens with one attached hydrogen (secondary N) is 1. The molecule has 0 spiro atoms. The highest BCUT2D eigenvalue weighted by Gasteiger charge is 2.14.